The van der Waals surface area contributed by atoms with Gasteiger partial charge in [-0.15, -0.1) is 12.6 Å². The summed E-state index contributed by atoms with van der Waals surface area (Å²) >= 11 is 4.22. The minimum absolute atomic E-state index is 0.0594. The van der Waals surface area contributed by atoms with E-state index in [4.69, 9.17) is 0 Å². The molecule has 0 fully saturated rings. The fraction of sp³-hybridized carbons (Fsp3) is 0.462. The van der Waals surface area contributed by atoms with E-state index >= 15 is 0 Å². The zero-order valence-electron chi connectivity index (χ0n) is 10.8. The van der Waals surface area contributed by atoms with Crippen LogP contribution in [-0.4, -0.2) is 37.0 Å². The molecule has 1 aromatic carbocycles. The van der Waals surface area contributed by atoms with Gasteiger partial charge in [0.15, 0.2) is 0 Å². The first kappa shape index (κ1) is 14.1. The number of carbonyl (C=O) groups excluding carboxylic acids is 1. The second-order valence-corrected chi connectivity index (χ2v) is 5.46. The van der Waals surface area contributed by atoms with Crippen molar-refractivity contribution in [2.75, 3.05) is 20.6 Å². The van der Waals surface area contributed by atoms with E-state index in [1.165, 1.54) is 0 Å². The summed E-state index contributed by atoms with van der Waals surface area (Å²) in [6, 6.07) is 7.23. The lowest BCUT2D eigenvalue weighted by Gasteiger charge is -2.32. The van der Waals surface area contributed by atoms with Gasteiger partial charge in [-0.2, -0.15) is 0 Å². The van der Waals surface area contributed by atoms with Crippen LogP contribution in [0, 0.1) is 0 Å². The molecular weight excluding hydrogens is 232 g/mol. The van der Waals surface area contributed by atoms with Crippen LogP contribution in [0.25, 0.3) is 0 Å². The third-order valence-corrected chi connectivity index (χ3v) is 3.28. The SMILES string of the molecule is CN(C)C(C)(C)CNC(=O)c1cccc(S)c1. The van der Waals surface area contributed by atoms with E-state index in [0.717, 1.165) is 4.90 Å². The largest absolute Gasteiger partial charge is 0.350 e. The first-order valence-corrected chi connectivity index (χ1v) is 6.02. The average molecular weight is 252 g/mol. The molecule has 17 heavy (non-hydrogen) atoms. The van der Waals surface area contributed by atoms with Crippen LogP contribution < -0.4 is 5.32 Å². The van der Waals surface area contributed by atoms with Gasteiger partial charge in [0, 0.05) is 22.5 Å². The summed E-state index contributed by atoms with van der Waals surface area (Å²) in [4.78, 5) is 14.8. The van der Waals surface area contributed by atoms with Crippen LogP contribution in [0.3, 0.4) is 0 Å². The van der Waals surface area contributed by atoms with Crippen LogP contribution in [0.4, 0.5) is 0 Å². The van der Waals surface area contributed by atoms with Gasteiger partial charge in [-0.05, 0) is 46.1 Å². The predicted octanol–water partition coefficient (Wildman–Crippen LogP) is 2.05. The number of thiol groups is 1. The highest BCUT2D eigenvalue weighted by Gasteiger charge is 2.21. The number of nitrogens with zero attached hydrogens (tertiary/aromatic N) is 1. The van der Waals surface area contributed by atoms with Gasteiger partial charge < -0.3 is 10.2 Å². The highest BCUT2D eigenvalue weighted by Crippen LogP contribution is 2.11. The minimum atomic E-state index is -0.0613. The molecule has 1 amide bonds. The van der Waals surface area contributed by atoms with Crippen molar-refractivity contribution in [2.45, 2.75) is 24.3 Å². The molecule has 4 heteroatoms. The zero-order valence-corrected chi connectivity index (χ0v) is 11.7. The van der Waals surface area contributed by atoms with Gasteiger partial charge in [-0.1, -0.05) is 6.07 Å². The predicted molar refractivity (Wildman–Crippen MR) is 73.8 cm³/mol. The molecule has 0 aliphatic rings. The Morgan fingerprint density at radius 1 is 1.41 bits per heavy atom. The van der Waals surface area contributed by atoms with Gasteiger partial charge in [0.05, 0.1) is 0 Å². The number of hydrogen-bond acceptors (Lipinski definition) is 3. The molecule has 0 radical (unpaired) electrons. The third kappa shape index (κ3) is 4.06. The molecule has 3 nitrogen and oxygen atoms in total. The van der Waals surface area contributed by atoms with Crippen molar-refractivity contribution in [3.8, 4) is 0 Å². The molecular formula is C13H20N2OS. The molecule has 0 spiro atoms. The summed E-state index contributed by atoms with van der Waals surface area (Å²) in [5.41, 5.74) is 0.584. The van der Waals surface area contributed by atoms with Crippen molar-refractivity contribution in [3.05, 3.63) is 29.8 Å². The molecule has 0 aliphatic carbocycles. The maximum absolute atomic E-state index is 11.9. The lowest BCUT2D eigenvalue weighted by atomic mass is 10.0. The molecule has 0 aromatic heterocycles. The number of benzene rings is 1. The second kappa shape index (κ2) is 5.56. The smallest absolute Gasteiger partial charge is 0.251 e. The Labute approximate surface area is 109 Å². The van der Waals surface area contributed by atoms with Crippen molar-refractivity contribution in [2.24, 2.45) is 0 Å². The number of carbonyl (C=O) groups is 1. The van der Waals surface area contributed by atoms with Crippen LogP contribution in [0.15, 0.2) is 29.2 Å². The summed E-state index contributed by atoms with van der Waals surface area (Å²) < 4.78 is 0. The van der Waals surface area contributed by atoms with E-state index in [9.17, 15) is 4.79 Å². The van der Waals surface area contributed by atoms with Crippen LogP contribution in [-0.2, 0) is 0 Å². The van der Waals surface area contributed by atoms with Gasteiger partial charge >= 0.3 is 0 Å². The molecule has 0 saturated carbocycles. The number of hydrogen-bond donors (Lipinski definition) is 2. The van der Waals surface area contributed by atoms with Crippen molar-refractivity contribution < 1.29 is 4.79 Å². The Kier molecular flexibility index (Phi) is 4.60. The Hall–Kier alpha value is -1.00. The van der Waals surface area contributed by atoms with Gasteiger partial charge in [0.25, 0.3) is 5.91 Å². The van der Waals surface area contributed by atoms with E-state index in [1.807, 2.05) is 26.2 Å². The maximum Gasteiger partial charge on any atom is 0.251 e. The number of rotatable bonds is 4. The van der Waals surface area contributed by atoms with Gasteiger partial charge in [-0.3, -0.25) is 4.79 Å². The fourth-order valence-corrected chi connectivity index (χ4v) is 1.43. The first-order chi connectivity index (χ1) is 7.83. The summed E-state index contributed by atoms with van der Waals surface area (Å²) in [5, 5.41) is 2.93. The topological polar surface area (TPSA) is 32.3 Å². The van der Waals surface area contributed by atoms with Crippen LogP contribution >= 0.6 is 12.6 Å². The molecule has 1 N–H and O–H groups in total. The Morgan fingerprint density at radius 2 is 2.06 bits per heavy atom. The standard InChI is InChI=1S/C13H20N2OS/c1-13(2,15(3)4)9-14-12(16)10-6-5-7-11(17)8-10/h5-8,17H,9H2,1-4H3,(H,14,16). The fourth-order valence-electron chi connectivity index (χ4n) is 1.20. The molecule has 0 unspecified atom stereocenters. The Balaban J connectivity index is 2.62. The van der Waals surface area contributed by atoms with Crippen molar-refractivity contribution in [1.29, 1.82) is 0 Å². The Morgan fingerprint density at radius 3 is 2.59 bits per heavy atom. The molecule has 1 aromatic rings. The number of amides is 1. The van der Waals surface area contributed by atoms with E-state index < -0.39 is 0 Å². The summed E-state index contributed by atoms with van der Waals surface area (Å²) in [6.07, 6.45) is 0. The van der Waals surface area contributed by atoms with E-state index in [1.54, 1.807) is 12.1 Å². The van der Waals surface area contributed by atoms with Crippen LogP contribution in [0.2, 0.25) is 0 Å². The molecule has 0 heterocycles. The van der Waals surface area contributed by atoms with Crippen molar-refractivity contribution >= 4 is 18.5 Å². The number of nitrogens with one attached hydrogen (secondary N) is 1. The average Bonchev–Trinajstić information content (AvgIpc) is 2.25. The lowest BCUT2D eigenvalue weighted by Crippen LogP contribution is -2.48. The highest BCUT2D eigenvalue weighted by molar-refractivity contribution is 7.80. The summed E-state index contributed by atoms with van der Waals surface area (Å²) in [6.45, 7) is 4.78. The van der Waals surface area contributed by atoms with Gasteiger partial charge in [0.2, 0.25) is 0 Å². The first-order valence-electron chi connectivity index (χ1n) is 5.57. The van der Waals surface area contributed by atoms with Crippen molar-refractivity contribution in [1.82, 2.24) is 10.2 Å². The van der Waals surface area contributed by atoms with Gasteiger partial charge in [-0.25, -0.2) is 0 Å². The zero-order chi connectivity index (χ0) is 13.1. The van der Waals surface area contributed by atoms with Crippen LogP contribution in [0.5, 0.6) is 0 Å². The lowest BCUT2D eigenvalue weighted by molar-refractivity contribution is 0.0919. The second-order valence-electron chi connectivity index (χ2n) is 4.94. The van der Waals surface area contributed by atoms with E-state index in [2.05, 4.69) is 36.7 Å². The van der Waals surface area contributed by atoms with Gasteiger partial charge in [0.1, 0.15) is 0 Å². The molecule has 94 valence electrons. The molecule has 0 saturated heterocycles. The highest BCUT2D eigenvalue weighted by atomic mass is 32.1. The Bertz CT molecular complexity index is 402. The maximum atomic E-state index is 11.9. The quantitative estimate of drug-likeness (QED) is 0.804. The normalized spacial score (nSPS) is 11.6. The van der Waals surface area contributed by atoms with Crippen LogP contribution in [0.1, 0.15) is 24.2 Å². The molecule has 1 rings (SSSR count). The van der Waals surface area contributed by atoms with E-state index in [0.29, 0.717) is 12.1 Å². The molecule has 0 aliphatic heterocycles. The number of likely N-dealkylation sites (N-methyl/N-ethyl adjacent to an activating group) is 1. The summed E-state index contributed by atoms with van der Waals surface area (Å²) in [7, 11) is 4.00. The molecule has 0 atom stereocenters. The third-order valence-electron chi connectivity index (χ3n) is 3.00. The minimum Gasteiger partial charge on any atom is -0.350 e. The monoisotopic (exact) mass is 252 g/mol. The molecule has 0 bridgehead atoms. The summed E-state index contributed by atoms with van der Waals surface area (Å²) in [5.74, 6) is -0.0594. The van der Waals surface area contributed by atoms with E-state index in [-0.39, 0.29) is 11.4 Å². The van der Waals surface area contributed by atoms with Crippen molar-refractivity contribution in [3.63, 3.8) is 0 Å².